The van der Waals surface area contributed by atoms with Crippen LogP contribution in [0.2, 0.25) is 0 Å². The molecule has 0 spiro atoms. The Bertz CT molecular complexity index is 108. The summed E-state index contributed by atoms with van der Waals surface area (Å²) in [5.41, 5.74) is 0. The molecular weight excluding hydrogens is 143 g/mol. The first-order chi connectivity index (χ1) is 5.34. The largest absolute Gasteiger partial charge is 0.314 e. The third-order valence-electron chi connectivity index (χ3n) is 2.22. The van der Waals surface area contributed by atoms with Gasteiger partial charge in [-0.25, -0.2) is 0 Å². The third-order valence-corrected chi connectivity index (χ3v) is 2.22. The lowest BCUT2D eigenvalue weighted by atomic mass is 10.2. The molecule has 0 amide bonds. The van der Waals surface area contributed by atoms with Crippen molar-refractivity contribution >= 4 is 0 Å². The molecule has 1 rings (SSSR count). The molecule has 3 heteroatoms. The van der Waals surface area contributed by atoms with E-state index in [1.165, 1.54) is 0 Å². The van der Waals surface area contributed by atoms with Crippen LogP contribution in [-0.2, 0) is 0 Å². The number of halogens is 1. The highest BCUT2D eigenvalue weighted by Crippen LogP contribution is 2.02. The summed E-state index contributed by atoms with van der Waals surface area (Å²) in [4.78, 5) is 2.34. The zero-order valence-corrected chi connectivity index (χ0v) is 7.15. The normalized spacial score (nSPS) is 27.3. The minimum absolute atomic E-state index is 0.184. The average molecular weight is 160 g/mol. The molecule has 0 aromatic rings. The Kier molecular flexibility index (Phi) is 3.80. The molecule has 66 valence electrons. The lowest BCUT2D eigenvalue weighted by Crippen LogP contribution is -2.49. The van der Waals surface area contributed by atoms with Gasteiger partial charge in [-0.15, -0.1) is 0 Å². The van der Waals surface area contributed by atoms with Gasteiger partial charge < -0.3 is 5.32 Å². The van der Waals surface area contributed by atoms with Crippen LogP contribution in [0.15, 0.2) is 0 Å². The zero-order chi connectivity index (χ0) is 8.10. The van der Waals surface area contributed by atoms with Crippen LogP contribution >= 0.6 is 0 Å². The van der Waals surface area contributed by atoms with Crippen molar-refractivity contribution in [2.75, 3.05) is 32.9 Å². The fraction of sp³-hybridized carbons (Fsp3) is 1.00. The quantitative estimate of drug-likeness (QED) is 0.651. The highest BCUT2D eigenvalue weighted by molar-refractivity contribution is 4.75. The molecule has 1 heterocycles. The maximum absolute atomic E-state index is 11.8. The molecule has 1 aliphatic heterocycles. The topological polar surface area (TPSA) is 15.3 Å². The predicted octanol–water partition coefficient (Wildman–Crippen LogP) is 0.640. The van der Waals surface area contributed by atoms with E-state index in [0.29, 0.717) is 12.5 Å². The number of hydrogen-bond acceptors (Lipinski definition) is 2. The van der Waals surface area contributed by atoms with Gasteiger partial charge in [-0.05, 0) is 13.3 Å². The van der Waals surface area contributed by atoms with Crippen LogP contribution in [0.3, 0.4) is 0 Å². The first-order valence-electron chi connectivity index (χ1n) is 4.35. The molecule has 0 aromatic carbocycles. The van der Waals surface area contributed by atoms with Gasteiger partial charge in [0.15, 0.2) is 0 Å². The molecule has 0 bridgehead atoms. The summed E-state index contributed by atoms with van der Waals surface area (Å²) in [6.07, 6.45) is 0.685. The second-order valence-corrected chi connectivity index (χ2v) is 3.13. The summed E-state index contributed by atoms with van der Waals surface area (Å²) >= 11 is 0. The first-order valence-corrected chi connectivity index (χ1v) is 4.35. The maximum Gasteiger partial charge on any atom is 0.0906 e. The fourth-order valence-electron chi connectivity index (χ4n) is 1.48. The van der Waals surface area contributed by atoms with Gasteiger partial charge in [-0.1, -0.05) is 0 Å². The van der Waals surface area contributed by atoms with Gasteiger partial charge in [0.1, 0.15) is 0 Å². The molecule has 0 aliphatic carbocycles. The minimum atomic E-state index is -0.184. The lowest BCUT2D eigenvalue weighted by Gasteiger charge is -2.33. The van der Waals surface area contributed by atoms with Crippen LogP contribution in [0.4, 0.5) is 4.39 Å². The van der Waals surface area contributed by atoms with Crippen LogP contribution in [0, 0.1) is 0 Å². The Labute approximate surface area is 67.8 Å². The summed E-state index contributed by atoms with van der Waals surface area (Å²) in [5.74, 6) is 0. The number of piperazine rings is 1. The number of nitrogens with one attached hydrogen (secondary N) is 1. The Morgan fingerprint density at radius 2 is 2.45 bits per heavy atom. The Morgan fingerprint density at radius 3 is 3.09 bits per heavy atom. The van der Waals surface area contributed by atoms with E-state index in [2.05, 4.69) is 17.1 Å². The van der Waals surface area contributed by atoms with Crippen LogP contribution < -0.4 is 5.32 Å². The fourth-order valence-corrected chi connectivity index (χ4v) is 1.48. The minimum Gasteiger partial charge on any atom is -0.314 e. The maximum atomic E-state index is 11.8. The molecule has 1 N–H and O–H groups in total. The molecule has 1 fully saturated rings. The smallest absolute Gasteiger partial charge is 0.0906 e. The van der Waals surface area contributed by atoms with E-state index in [4.69, 9.17) is 0 Å². The molecule has 0 radical (unpaired) electrons. The summed E-state index contributed by atoms with van der Waals surface area (Å²) in [6, 6.07) is 0.579. The molecule has 11 heavy (non-hydrogen) atoms. The number of nitrogens with zero attached hydrogens (tertiary/aromatic N) is 1. The van der Waals surface area contributed by atoms with E-state index in [9.17, 15) is 4.39 Å². The van der Waals surface area contributed by atoms with Gasteiger partial charge in [0.25, 0.3) is 0 Å². The van der Waals surface area contributed by atoms with E-state index in [-0.39, 0.29) is 6.67 Å². The van der Waals surface area contributed by atoms with Crippen molar-refractivity contribution in [2.24, 2.45) is 0 Å². The van der Waals surface area contributed by atoms with E-state index in [1.807, 2.05) is 0 Å². The second-order valence-electron chi connectivity index (χ2n) is 3.13. The van der Waals surface area contributed by atoms with Crippen molar-refractivity contribution < 1.29 is 4.39 Å². The number of hydrogen-bond donors (Lipinski definition) is 1. The van der Waals surface area contributed by atoms with Gasteiger partial charge in [0.05, 0.1) is 6.67 Å². The van der Waals surface area contributed by atoms with Gasteiger partial charge >= 0.3 is 0 Å². The van der Waals surface area contributed by atoms with E-state index >= 15 is 0 Å². The zero-order valence-electron chi connectivity index (χ0n) is 7.15. The number of rotatable bonds is 3. The Balaban J connectivity index is 2.18. The van der Waals surface area contributed by atoms with Crippen LogP contribution in [0.5, 0.6) is 0 Å². The van der Waals surface area contributed by atoms with Crippen molar-refractivity contribution in [2.45, 2.75) is 19.4 Å². The average Bonchev–Trinajstić information content (AvgIpc) is 2.03. The molecule has 1 atom stereocenters. The van der Waals surface area contributed by atoms with Crippen molar-refractivity contribution in [1.82, 2.24) is 10.2 Å². The summed E-state index contributed by atoms with van der Waals surface area (Å²) in [5, 5.41) is 3.31. The van der Waals surface area contributed by atoms with Crippen molar-refractivity contribution in [1.29, 1.82) is 0 Å². The standard InChI is InChI=1S/C8H17FN2/c1-8-7-10-4-6-11(8)5-2-3-9/h8,10H,2-7H2,1H3. The van der Waals surface area contributed by atoms with E-state index in [1.54, 1.807) is 0 Å². The highest BCUT2D eigenvalue weighted by Gasteiger charge is 2.16. The first kappa shape index (κ1) is 8.94. The molecule has 1 saturated heterocycles. The van der Waals surface area contributed by atoms with Crippen LogP contribution in [0.25, 0.3) is 0 Å². The molecule has 1 unspecified atom stereocenters. The molecule has 1 aliphatic rings. The van der Waals surface area contributed by atoms with E-state index < -0.39 is 0 Å². The number of alkyl halides is 1. The summed E-state index contributed by atoms with van der Waals surface area (Å²) < 4.78 is 11.8. The molecule has 0 aromatic heterocycles. The van der Waals surface area contributed by atoms with Gasteiger partial charge in [-0.3, -0.25) is 9.29 Å². The Hall–Kier alpha value is -0.150. The molecule has 2 nitrogen and oxygen atoms in total. The van der Waals surface area contributed by atoms with Crippen molar-refractivity contribution in [3.63, 3.8) is 0 Å². The van der Waals surface area contributed by atoms with Gasteiger partial charge in [0.2, 0.25) is 0 Å². The van der Waals surface area contributed by atoms with Crippen LogP contribution in [-0.4, -0.2) is 43.8 Å². The molecular formula is C8H17FN2. The van der Waals surface area contributed by atoms with E-state index in [0.717, 1.165) is 26.2 Å². The van der Waals surface area contributed by atoms with Crippen molar-refractivity contribution in [3.05, 3.63) is 0 Å². The Morgan fingerprint density at radius 1 is 1.64 bits per heavy atom. The highest BCUT2D eigenvalue weighted by atomic mass is 19.1. The lowest BCUT2D eigenvalue weighted by molar-refractivity contribution is 0.167. The van der Waals surface area contributed by atoms with Crippen LogP contribution in [0.1, 0.15) is 13.3 Å². The SMILES string of the molecule is CC1CNCCN1CCCF. The third kappa shape index (κ3) is 2.75. The van der Waals surface area contributed by atoms with Crippen molar-refractivity contribution in [3.8, 4) is 0 Å². The summed E-state index contributed by atoms with van der Waals surface area (Å²) in [6.45, 7) is 6.09. The monoisotopic (exact) mass is 160 g/mol. The molecule has 0 saturated carbocycles. The second kappa shape index (κ2) is 4.67. The predicted molar refractivity (Wildman–Crippen MR) is 44.5 cm³/mol. The van der Waals surface area contributed by atoms with Gasteiger partial charge in [-0.2, -0.15) is 0 Å². The van der Waals surface area contributed by atoms with Gasteiger partial charge in [0, 0.05) is 32.2 Å². The summed E-state index contributed by atoms with van der Waals surface area (Å²) in [7, 11) is 0.